The minimum Gasteiger partial charge on any atom is -0.494 e. The number of rotatable bonds is 3. The monoisotopic (exact) mass is 266 g/mol. The van der Waals surface area contributed by atoms with Crippen molar-refractivity contribution >= 4 is 17.7 Å². The van der Waals surface area contributed by atoms with Crippen molar-refractivity contribution in [1.29, 1.82) is 0 Å². The molecule has 1 aromatic carbocycles. The Labute approximate surface area is 111 Å². The minimum atomic E-state index is -0.635. The van der Waals surface area contributed by atoms with E-state index >= 15 is 0 Å². The first-order chi connectivity index (χ1) is 8.74. The lowest BCUT2D eigenvalue weighted by atomic mass is 10.1. The van der Waals surface area contributed by atoms with Crippen molar-refractivity contribution < 1.29 is 19.1 Å². The van der Waals surface area contributed by atoms with Gasteiger partial charge in [-0.3, -0.25) is 10.1 Å². The maximum absolute atomic E-state index is 11.7. The molecule has 6 heteroatoms. The quantitative estimate of drug-likeness (QED) is 0.876. The molecule has 0 atom stereocenters. The molecule has 0 heterocycles. The lowest BCUT2D eigenvalue weighted by molar-refractivity contribution is 0.0635. The number of hydrogen-bond acceptors (Lipinski definition) is 4. The summed E-state index contributed by atoms with van der Waals surface area (Å²) < 4.78 is 10.2. The number of primary amides is 1. The van der Waals surface area contributed by atoms with Crippen LogP contribution >= 0.6 is 0 Å². The Morgan fingerprint density at radius 3 is 2.37 bits per heavy atom. The molecule has 6 nitrogen and oxygen atoms in total. The van der Waals surface area contributed by atoms with Gasteiger partial charge in [-0.1, -0.05) is 6.07 Å². The fraction of sp³-hybridized carbons (Fsp3) is 0.385. The van der Waals surface area contributed by atoms with Crippen LogP contribution in [0.1, 0.15) is 31.1 Å². The second-order valence-electron chi connectivity index (χ2n) is 4.88. The van der Waals surface area contributed by atoms with Crippen LogP contribution in [0.3, 0.4) is 0 Å². The Balaban J connectivity index is 2.99. The Kier molecular flexibility index (Phi) is 4.37. The molecule has 0 aromatic heterocycles. The van der Waals surface area contributed by atoms with Gasteiger partial charge in [0.2, 0.25) is 0 Å². The van der Waals surface area contributed by atoms with Gasteiger partial charge in [0.15, 0.2) is 5.75 Å². The summed E-state index contributed by atoms with van der Waals surface area (Å²) in [4.78, 5) is 22.9. The predicted molar refractivity (Wildman–Crippen MR) is 71.4 cm³/mol. The van der Waals surface area contributed by atoms with E-state index in [9.17, 15) is 9.59 Å². The molecule has 0 aliphatic heterocycles. The van der Waals surface area contributed by atoms with Gasteiger partial charge < -0.3 is 15.2 Å². The van der Waals surface area contributed by atoms with Crippen LogP contribution in [0.2, 0.25) is 0 Å². The van der Waals surface area contributed by atoms with Crippen LogP contribution in [-0.4, -0.2) is 24.7 Å². The van der Waals surface area contributed by atoms with E-state index in [1.165, 1.54) is 13.2 Å². The topological polar surface area (TPSA) is 90.7 Å². The number of nitrogens with one attached hydrogen (secondary N) is 1. The number of nitrogens with two attached hydrogens (primary N) is 1. The molecule has 1 rings (SSSR count). The highest BCUT2D eigenvalue weighted by molar-refractivity contribution is 5.99. The van der Waals surface area contributed by atoms with Crippen molar-refractivity contribution in [3.8, 4) is 5.75 Å². The van der Waals surface area contributed by atoms with Gasteiger partial charge in [0.25, 0.3) is 5.91 Å². The van der Waals surface area contributed by atoms with Crippen LogP contribution < -0.4 is 15.8 Å². The number of benzene rings is 1. The molecule has 0 aliphatic carbocycles. The van der Waals surface area contributed by atoms with E-state index in [1.807, 2.05) is 0 Å². The highest BCUT2D eigenvalue weighted by atomic mass is 16.6. The summed E-state index contributed by atoms with van der Waals surface area (Å²) in [5, 5.41) is 2.52. The highest BCUT2D eigenvalue weighted by Crippen LogP contribution is 2.28. The molecule has 1 aromatic rings. The summed E-state index contributed by atoms with van der Waals surface area (Å²) in [5.74, 6) is -0.425. The molecule has 0 bridgehead atoms. The summed E-state index contributed by atoms with van der Waals surface area (Å²) >= 11 is 0. The van der Waals surface area contributed by atoms with Gasteiger partial charge in [-0.25, -0.2) is 4.79 Å². The maximum atomic E-state index is 11.7. The van der Waals surface area contributed by atoms with E-state index < -0.39 is 17.6 Å². The minimum absolute atomic E-state index is 0.191. The lowest BCUT2D eigenvalue weighted by Gasteiger charge is -2.20. The Hall–Kier alpha value is -2.24. The van der Waals surface area contributed by atoms with Crippen LogP contribution in [0.4, 0.5) is 10.5 Å². The largest absolute Gasteiger partial charge is 0.494 e. The van der Waals surface area contributed by atoms with Gasteiger partial charge in [0.1, 0.15) is 5.60 Å². The zero-order valence-corrected chi connectivity index (χ0v) is 11.4. The summed E-state index contributed by atoms with van der Waals surface area (Å²) in [6, 6.07) is 4.70. The van der Waals surface area contributed by atoms with E-state index in [4.69, 9.17) is 15.2 Å². The lowest BCUT2D eigenvalue weighted by Crippen LogP contribution is -2.27. The second kappa shape index (κ2) is 5.60. The third-order valence-corrected chi connectivity index (χ3v) is 2.12. The van der Waals surface area contributed by atoms with Gasteiger partial charge in [-0.2, -0.15) is 0 Å². The third kappa shape index (κ3) is 4.17. The Morgan fingerprint density at radius 1 is 1.26 bits per heavy atom. The molecule has 0 aliphatic rings. The molecule has 104 valence electrons. The molecule has 0 unspecified atom stereocenters. The van der Waals surface area contributed by atoms with Crippen molar-refractivity contribution in [2.75, 3.05) is 12.4 Å². The van der Waals surface area contributed by atoms with Gasteiger partial charge in [0, 0.05) is 0 Å². The van der Waals surface area contributed by atoms with Crippen LogP contribution in [0.15, 0.2) is 18.2 Å². The summed E-state index contributed by atoms with van der Waals surface area (Å²) in [6.45, 7) is 5.26. The van der Waals surface area contributed by atoms with Crippen molar-refractivity contribution in [3.63, 3.8) is 0 Å². The number of anilines is 1. The molecule has 0 radical (unpaired) electrons. The van der Waals surface area contributed by atoms with E-state index in [1.54, 1.807) is 32.9 Å². The van der Waals surface area contributed by atoms with Gasteiger partial charge in [-0.15, -0.1) is 0 Å². The Morgan fingerprint density at radius 2 is 1.89 bits per heavy atom. The van der Waals surface area contributed by atoms with E-state index in [2.05, 4.69) is 5.32 Å². The molecule has 3 N–H and O–H groups in total. The summed E-state index contributed by atoms with van der Waals surface area (Å²) in [6.07, 6.45) is -0.632. The molecule has 0 saturated heterocycles. The first-order valence-electron chi connectivity index (χ1n) is 5.71. The van der Waals surface area contributed by atoms with Crippen LogP contribution in [0.25, 0.3) is 0 Å². The highest BCUT2D eigenvalue weighted by Gasteiger charge is 2.19. The van der Waals surface area contributed by atoms with E-state index in [-0.39, 0.29) is 11.3 Å². The number of carbonyl (C=O) groups excluding carboxylic acids is 2. The van der Waals surface area contributed by atoms with Gasteiger partial charge >= 0.3 is 6.09 Å². The van der Waals surface area contributed by atoms with Crippen molar-refractivity contribution in [1.82, 2.24) is 0 Å². The molecule has 2 amide bonds. The van der Waals surface area contributed by atoms with E-state index in [0.717, 1.165) is 0 Å². The first kappa shape index (κ1) is 14.8. The van der Waals surface area contributed by atoms with Crippen LogP contribution in [0.5, 0.6) is 5.75 Å². The maximum Gasteiger partial charge on any atom is 0.412 e. The SMILES string of the molecule is COc1c(NC(=O)OC(C)(C)C)cccc1C(N)=O. The van der Waals surface area contributed by atoms with Crippen molar-refractivity contribution in [2.45, 2.75) is 26.4 Å². The normalized spacial score (nSPS) is 10.7. The molecular formula is C13H18N2O4. The van der Waals surface area contributed by atoms with Crippen molar-refractivity contribution in [2.24, 2.45) is 5.73 Å². The fourth-order valence-corrected chi connectivity index (χ4v) is 1.46. The number of hydrogen-bond donors (Lipinski definition) is 2. The average Bonchev–Trinajstić information content (AvgIpc) is 2.25. The van der Waals surface area contributed by atoms with Crippen molar-refractivity contribution in [3.05, 3.63) is 23.8 Å². The van der Waals surface area contributed by atoms with Crippen LogP contribution in [-0.2, 0) is 4.74 Å². The molecule has 0 spiro atoms. The second-order valence-corrected chi connectivity index (χ2v) is 4.88. The smallest absolute Gasteiger partial charge is 0.412 e. The predicted octanol–water partition coefficient (Wildman–Crippen LogP) is 2.14. The fourth-order valence-electron chi connectivity index (χ4n) is 1.46. The van der Waals surface area contributed by atoms with Gasteiger partial charge in [-0.05, 0) is 32.9 Å². The van der Waals surface area contributed by atoms with Crippen LogP contribution in [0, 0.1) is 0 Å². The number of amides is 2. The Bertz CT molecular complexity index is 492. The molecule has 19 heavy (non-hydrogen) atoms. The standard InChI is InChI=1S/C13H18N2O4/c1-13(2,3)19-12(17)15-9-7-5-6-8(11(14)16)10(9)18-4/h5-7H,1-4H3,(H2,14,16)(H,15,17). The zero-order chi connectivity index (χ0) is 14.6. The summed E-state index contributed by atoms with van der Waals surface area (Å²) in [7, 11) is 1.39. The molecular weight excluding hydrogens is 248 g/mol. The third-order valence-electron chi connectivity index (χ3n) is 2.12. The zero-order valence-electron chi connectivity index (χ0n) is 11.4. The van der Waals surface area contributed by atoms with Gasteiger partial charge in [0.05, 0.1) is 18.4 Å². The molecule has 0 saturated carbocycles. The summed E-state index contributed by atoms with van der Waals surface area (Å²) in [5.41, 5.74) is 5.13. The van der Waals surface area contributed by atoms with E-state index in [0.29, 0.717) is 5.69 Å². The number of ether oxygens (including phenoxy) is 2. The number of carbonyl (C=O) groups is 2. The number of para-hydroxylation sites is 1. The number of methoxy groups -OCH3 is 1. The molecule has 0 fully saturated rings. The average molecular weight is 266 g/mol. The first-order valence-corrected chi connectivity index (χ1v) is 5.71.